The lowest BCUT2D eigenvalue weighted by Gasteiger charge is -2.35. The van der Waals surface area contributed by atoms with Crippen LogP contribution in [0.2, 0.25) is 0 Å². The molecule has 0 radical (unpaired) electrons. The zero-order valence-corrected chi connectivity index (χ0v) is 8.91. The summed E-state index contributed by atoms with van der Waals surface area (Å²) in [4.78, 5) is 2.04. The number of phenols is 1. The minimum Gasteiger partial charge on any atom is -0.506 e. The molecule has 3 heteroatoms. The van der Waals surface area contributed by atoms with E-state index in [0.717, 1.165) is 5.69 Å². The van der Waals surface area contributed by atoms with Crippen molar-refractivity contribution in [2.24, 2.45) is 0 Å². The van der Waals surface area contributed by atoms with Crippen LogP contribution in [0.15, 0.2) is 24.3 Å². The van der Waals surface area contributed by atoms with Crippen molar-refractivity contribution in [2.75, 3.05) is 18.0 Å². The molecule has 0 bridgehead atoms. The summed E-state index contributed by atoms with van der Waals surface area (Å²) in [7, 11) is 0. The first-order chi connectivity index (χ1) is 7.08. The summed E-state index contributed by atoms with van der Waals surface area (Å²) in [5, 5.41) is 9.66. The number of para-hydroxylation sites is 2. The zero-order chi connectivity index (χ0) is 10.9. The van der Waals surface area contributed by atoms with E-state index in [4.69, 9.17) is 0 Å². The van der Waals surface area contributed by atoms with E-state index in [9.17, 15) is 9.50 Å². The molecule has 0 amide bonds. The van der Waals surface area contributed by atoms with E-state index in [0.29, 0.717) is 25.9 Å². The van der Waals surface area contributed by atoms with Crippen molar-refractivity contribution in [3.63, 3.8) is 0 Å². The van der Waals surface area contributed by atoms with Crippen LogP contribution in [0.1, 0.15) is 19.8 Å². The Hall–Kier alpha value is -1.25. The molecule has 0 unspecified atom stereocenters. The molecule has 0 aromatic heterocycles. The molecule has 0 spiro atoms. The number of phenolic OH excluding ortho intramolecular Hbond substituents is 1. The molecule has 1 N–H and O–H groups in total. The van der Waals surface area contributed by atoms with Gasteiger partial charge in [0.05, 0.1) is 5.69 Å². The van der Waals surface area contributed by atoms with E-state index in [1.165, 1.54) is 0 Å². The third-order valence-electron chi connectivity index (χ3n) is 3.03. The summed E-state index contributed by atoms with van der Waals surface area (Å²) in [6, 6.07) is 7.22. The van der Waals surface area contributed by atoms with Gasteiger partial charge >= 0.3 is 0 Å². The fraction of sp³-hybridized carbons (Fsp3) is 0.500. The lowest BCUT2D eigenvalue weighted by molar-refractivity contribution is 0.149. The molecule has 82 valence electrons. The highest BCUT2D eigenvalue weighted by molar-refractivity contribution is 5.57. The quantitative estimate of drug-likeness (QED) is 0.768. The molecule has 0 atom stereocenters. The Bertz CT molecular complexity index is 341. The van der Waals surface area contributed by atoms with Crippen molar-refractivity contribution in [2.45, 2.75) is 25.4 Å². The number of alkyl halides is 1. The second-order valence-electron chi connectivity index (χ2n) is 4.39. The van der Waals surface area contributed by atoms with Crippen LogP contribution >= 0.6 is 0 Å². The smallest absolute Gasteiger partial charge is 0.138 e. The summed E-state index contributed by atoms with van der Waals surface area (Å²) in [5.74, 6) is 0.278. The lowest BCUT2D eigenvalue weighted by atomic mass is 9.95. The van der Waals surface area contributed by atoms with Crippen LogP contribution in [0.5, 0.6) is 5.75 Å². The van der Waals surface area contributed by atoms with E-state index >= 15 is 0 Å². The molecule has 1 aromatic carbocycles. The summed E-state index contributed by atoms with van der Waals surface area (Å²) >= 11 is 0. The van der Waals surface area contributed by atoms with E-state index in [-0.39, 0.29) is 5.75 Å². The van der Waals surface area contributed by atoms with Crippen LogP contribution in [0.3, 0.4) is 0 Å². The summed E-state index contributed by atoms with van der Waals surface area (Å²) in [5.41, 5.74) is -0.228. The fourth-order valence-corrected chi connectivity index (χ4v) is 1.95. The maximum Gasteiger partial charge on any atom is 0.138 e. The average molecular weight is 209 g/mol. The first kappa shape index (κ1) is 10.3. The van der Waals surface area contributed by atoms with Gasteiger partial charge in [0.15, 0.2) is 0 Å². The van der Waals surface area contributed by atoms with E-state index in [2.05, 4.69) is 0 Å². The minimum absolute atomic E-state index is 0.278. The molecule has 1 aliphatic heterocycles. The maximum atomic E-state index is 13.6. The number of hydrogen-bond acceptors (Lipinski definition) is 2. The molecule has 1 heterocycles. The normalized spacial score (nSPS) is 20.3. The fourth-order valence-electron chi connectivity index (χ4n) is 1.95. The van der Waals surface area contributed by atoms with Gasteiger partial charge in [0.1, 0.15) is 11.4 Å². The first-order valence-corrected chi connectivity index (χ1v) is 5.30. The Kier molecular flexibility index (Phi) is 2.55. The number of anilines is 1. The molecule has 2 rings (SSSR count). The van der Waals surface area contributed by atoms with Crippen molar-refractivity contribution in [1.82, 2.24) is 0 Å². The van der Waals surface area contributed by atoms with Crippen molar-refractivity contribution < 1.29 is 9.50 Å². The molecule has 1 saturated heterocycles. The van der Waals surface area contributed by atoms with Crippen molar-refractivity contribution >= 4 is 5.69 Å². The van der Waals surface area contributed by atoms with Gasteiger partial charge in [0.25, 0.3) is 0 Å². The molecule has 15 heavy (non-hydrogen) atoms. The van der Waals surface area contributed by atoms with Crippen LogP contribution in [-0.2, 0) is 0 Å². The summed E-state index contributed by atoms with van der Waals surface area (Å²) < 4.78 is 13.6. The van der Waals surface area contributed by atoms with Gasteiger partial charge in [0.2, 0.25) is 0 Å². The van der Waals surface area contributed by atoms with Gasteiger partial charge in [-0.1, -0.05) is 12.1 Å². The van der Waals surface area contributed by atoms with Crippen molar-refractivity contribution in [1.29, 1.82) is 0 Å². The molecular weight excluding hydrogens is 193 g/mol. The average Bonchev–Trinajstić information content (AvgIpc) is 2.19. The second-order valence-corrected chi connectivity index (χ2v) is 4.39. The van der Waals surface area contributed by atoms with Gasteiger partial charge in [0, 0.05) is 13.1 Å². The Morgan fingerprint density at radius 1 is 1.27 bits per heavy atom. The van der Waals surface area contributed by atoms with Crippen molar-refractivity contribution in [3.8, 4) is 5.75 Å². The van der Waals surface area contributed by atoms with Crippen LogP contribution in [0.25, 0.3) is 0 Å². The largest absolute Gasteiger partial charge is 0.506 e. The van der Waals surface area contributed by atoms with E-state index in [1.54, 1.807) is 19.1 Å². The Balaban J connectivity index is 2.11. The predicted molar refractivity (Wildman–Crippen MR) is 59.1 cm³/mol. The Morgan fingerprint density at radius 2 is 1.87 bits per heavy atom. The summed E-state index contributed by atoms with van der Waals surface area (Å²) in [6.07, 6.45) is 1.06. The topological polar surface area (TPSA) is 23.5 Å². The minimum atomic E-state index is -1.04. The number of benzene rings is 1. The monoisotopic (exact) mass is 209 g/mol. The van der Waals surface area contributed by atoms with Gasteiger partial charge < -0.3 is 10.0 Å². The van der Waals surface area contributed by atoms with Crippen LogP contribution in [0.4, 0.5) is 10.1 Å². The number of hydrogen-bond donors (Lipinski definition) is 1. The number of nitrogens with zero attached hydrogens (tertiary/aromatic N) is 1. The first-order valence-electron chi connectivity index (χ1n) is 5.30. The Labute approximate surface area is 89.3 Å². The zero-order valence-electron chi connectivity index (χ0n) is 8.91. The van der Waals surface area contributed by atoms with Gasteiger partial charge in [-0.25, -0.2) is 4.39 Å². The molecule has 1 fully saturated rings. The number of aromatic hydroxyl groups is 1. The lowest BCUT2D eigenvalue weighted by Crippen LogP contribution is -2.40. The van der Waals surface area contributed by atoms with Crippen molar-refractivity contribution in [3.05, 3.63) is 24.3 Å². The highest BCUT2D eigenvalue weighted by Gasteiger charge is 2.30. The molecular formula is C12H16FNO. The summed E-state index contributed by atoms with van der Waals surface area (Å²) in [6.45, 7) is 2.99. The number of halogens is 1. The molecule has 0 saturated carbocycles. The Morgan fingerprint density at radius 3 is 2.47 bits per heavy atom. The third kappa shape index (κ3) is 2.22. The second kappa shape index (κ2) is 3.72. The van der Waals surface area contributed by atoms with Crippen LogP contribution < -0.4 is 4.90 Å². The standard InChI is InChI=1S/C12H16FNO/c1-12(13)6-8-14(9-7-12)10-4-2-3-5-11(10)15/h2-5,15H,6-9H2,1H3. The van der Waals surface area contributed by atoms with E-state index < -0.39 is 5.67 Å². The van der Waals surface area contributed by atoms with E-state index in [1.807, 2.05) is 17.0 Å². The predicted octanol–water partition coefficient (Wildman–Crippen LogP) is 2.72. The van der Waals surface area contributed by atoms with Gasteiger partial charge in [-0.3, -0.25) is 0 Å². The SMILES string of the molecule is CC1(F)CCN(c2ccccc2O)CC1. The molecule has 0 aliphatic carbocycles. The van der Waals surface area contributed by atoms with Crippen LogP contribution in [-0.4, -0.2) is 23.9 Å². The van der Waals surface area contributed by atoms with Gasteiger partial charge in [-0.2, -0.15) is 0 Å². The van der Waals surface area contributed by atoms with Gasteiger partial charge in [-0.15, -0.1) is 0 Å². The van der Waals surface area contributed by atoms with Crippen LogP contribution in [0, 0.1) is 0 Å². The number of rotatable bonds is 1. The highest BCUT2D eigenvalue weighted by Crippen LogP contribution is 2.32. The maximum absolute atomic E-state index is 13.6. The van der Waals surface area contributed by atoms with Gasteiger partial charge in [-0.05, 0) is 31.9 Å². The third-order valence-corrected chi connectivity index (χ3v) is 3.03. The molecule has 1 aromatic rings. The molecule has 1 aliphatic rings. The molecule has 2 nitrogen and oxygen atoms in total. The highest BCUT2D eigenvalue weighted by atomic mass is 19.1. The number of piperidine rings is 1.